The molecule has 6 nitrogen and oxygen atoms in total. The third kappa shape index (κ3) is 4.06. The van der Waals surface area contributed by atoms with Crippen molar-refractivity contribution in [1.82, 2.24) is 9.97 Å². The maximum absolute atomic E-state index is 13.3. The molecule has 0 aliphatic heterocycles. The fourth-order valence-electron chi connectivity index (χ4n) is 2.27. The highest BCUT2D eigenvalue weighted by Crippen LogP contribution is 2.36. The zero-order valence-corrected chi connectivity index (χ0v) is 14.7. The van der Waals surface area contributed by atoms with Crippen molar-refractivity contribution >= 4 is 40.0 Å². The lowest BCUT2D eigenvalue weighted by molar-refractivity contribution is -0.189. The molecule has 0 saturated heterocycles. The molecule has 3 aromatic rings. The van der Waals surface area contributed by atoms with Crippen molar-refractivity contribution in [3.05, 3.63) is 47.5 Å². The third-order valence-electron chi connectivity index (χ3n) is 3.54. The fourth-order valence-corrected chi connectivity index (χ4v) is 2.45. The highest BCUT2D eigenvalue weighted by atomic mass is 35.5. The van der Waals surface area contributed by atoms with E-state index in [1.165, 1.54) is 25.3 Å². The van der Waals surface area contributed by atoms with Crippen molar-refractivity contribution < 1.29 is 31.8 Å². The van der Waals surface area contributed by atoms with E-state index in [9.17, 15) is 22.4 Å². The molecule has 0 aliphatic rings. The molecule has 1 N–H and O–H groups in total. The van der Waals surface area contributed by atoms with Crippen molar-refractivity contribution in [2.75, 3.05) is 12.4 Å². The Labute approximate surface area is 160 Å². The molecule has 28 heavy (non-hydrogen) atoms. The number of halogens is 5. The summed E-state index contributed by atoms with van der Waals surface area (Å²) in [6.07, 6.45) is -4.02. The fraction of sp³-hybridized carbons (Fsp3) is 0.118. The average Bonchev–Trinajstić information content (AvgIpc) is 2.63. The lowest BCUT2D eigenvalue weighted by Gasteiger charge is -2.13. The number of ether oxygens (including phenoxy) is 2. The number of nitrogens with zero attached hydrogens (tertiary/aromatic N) is 2. The van der Waals surface area contributed by atoms with Crippen molar-refractivity contribution in [3.8, 4) is 11.5 Å². The van der Waals surface area contributed by atoms with Crippen LogP contribution in [0.25, 0.3) is 10.9 Å². The molecule has 0 fully saturated rings. The first-order chi connectivity index (χ1) is 13.2. The predicted octanol–water partition coefficient (Wildman–Crippen LogP) is 4.64. The number of rotatable bonds is 4. The molecular formula is C17H10ClF4N3O3. The van der Waals surface area contributed by atoms with E-state index >= 15 is 0 Å². The number of carbonyl (C=O) groups is 1. The lowest BCUT2D eigenvalue weighted by Crippen LogP contribution is -2.28. The molecule has 3 rings (SSSR count). The van der Waals surface area contributed by atoms with Gasteiger partial charge in [0.25, 0.3) is 0 Å². The number of esters is 1. The van der Waals surface area contributed by atoms with E-state index in [0.717, 1.165) is 18.5 Å². The molecule has 11 heteroatoms. The highest BCUT2D eigenvalue weighted by molar-refractivity contribution is 6.31. The second-order valence-corrected chi connectivity index (χ2v) is 5.79. The van der Waals surface area contributed by atoms with Crippen LogP contribution in [-0.4, -0.2) is 29.2 Å². The van der Waals surface area contributed by atoms with Crippen LogP contribution >= 0.6 is 11.6 Å². The second kappa shape index (κ2) is 7.47. The summed E-state index contributed by atoms with van der Waals surface area (Å²) in [5.74, 6) is -3.33. The van der Waals surface area contributed by atoms with Gasteiger partial charge >= 0.3 is 12.1 Å². The monoisotopic (exact) mass is 415 g/mol. The molecule has 0 saturated carbocycles. The molecule has 0 aliphatic carbocycles. The summed E-state index contributed by atoms with van der Waals surface area (Å²) in [4.78, 5) is 19.1. The molecule has 0 atom stereocenters. The molecule has 1 heterocycles. The van der Waals surface area contributed by atoms with Gasteiger partial charge in [-0.15, -0.1) is 0 Å². The van der Waals surface area contributed by atoms with Crippen molar-refractivity contribution in [1.29, 1.82) is 0 Å². The standard InChI is InChI=1S/C17H10ClF4N3O3/c1-27-13-5-9-12(6-14(13)28-16(26)17(20,21)22)23-7-24-15(9)25-8-2-3-11(19)10(18)4-8/h2-7H,1H3,(H,23,24,25). The smallest absolute Gasteiger partial charge is 0.491 e. The maximum atomic E-state index is 13.3. The maximum Gasteiger partial charge on any atom is 0.491 e. The normalized spacial score (nSPS) is 11.4. The number of anilines is 2. The summed E-state index contributed by atoms with van der Waals surface area (Å²) < 4.78 is 60.1. The van der Waals surface area contributed by atoms with Gasteiger partial charge in [-0.05, 0) is 24.3 Å². The van der Waals surface area contributed by atoms with E-state index in [4.69, 9.17) is 16.3 Å². The summed E-state index contributed by atoms with van der Waals surface area (Å²) in [5.41, 5.74) is 0.592. The Hall–Kier alpha value is -3.14. The third-order valence-corrected chi connectivity index (χ3v) is 3.83. The summed E-state index contributed by atoms with van der Waals surface area (Å²) in [6, 6.07) is 6.33. The number of hydrogen-bond donors (Lipinski definition) is 1. The van der Waals surface area contributed by atoms with Gasteiger partial charge in [0.05, 0.1) is 17.6 Å². The van der Waals surface area contributed by atoms with Crippen LogP contribution in [0.2, 0.25) is 5.02 Å². The minimum Gasteiger partial charge on any atom is -0.493 e. The Bertz CT molecular complexity index is 1060. The van der Waals surface area contributed by atoms with Crippen molar-refractivity contribution in [3.63, 3.8) is 0 Å². The molecule has 0 bridgehead atoms. The summed E-state index contributed by atoms with van der Waals surface area (Å²) in [5, 5.41) is 3.15. The quantitative estimate of drug-likeness (QED) is 0.380. The summed E-state index contributed by atoms with van der Waals surface area (Å²) in [6.45, 7) is 0. The van der Waals surface area contributed by atoms with E-state index in [1.807, 2.05) is 0 Å². The van der Waals surface area contributed by atoms with Gasteiger partial charge in [0.1, 0.15) is 18.0 Å². The van der Waals surface area contributed by atoms with Crippen LogP contribution in [0.4, 0.5) is 29.1 Å². The first kappa shape index (κ1) is 19.6. The molecule has 146 valence electrons. The van der Waals surface area contributed by atoms with E-state index < -0.39 is 23.7 Å². The van der Waals surface area contributed by atoms with E-state index in [-0.39, 0.29) is 22.1 Å². The van der Waals surface area contributed by atoms with Crippen LogP contribution in [0, 0.1) is 5.82 Å². The van der Waals surface area contributed by atoms with Gasteiger partial charge in [-0.2, -0.15) is 13.2 Å². The first-order valence-corrected chi connectivity index (χ1v) is 7.90. The molecule has 1 aromatic heterocycles. The number of aromatic nitrogens is 2. The number of fused-ring (bicyclic) bond motifs is 1. The van der Waals surface area contributed by atoms with Gasteiger partial charge in [0.15, 0.2) is 11.5 Å². The Balaban J connectivity index is 2.02. The first-order valence-electron chi connectivity index (χ1n) is 7.53. The number of carbonyl (C=O) groups excluding carboxylic acids is 1. The topological polar surface area (TPSA) is 73.3 Å². The van der Waals surface area contributed by atoms with Gasteiger partial charge in [-0.1, -0.05) is 11.6 Å². The number of alkyl halides is 3. The lowest BCUT2D eigenvalue weighted by atomic mass is 10.2. The average molecular weight is 416 g/mol. The molecular weight excluding hydrogens is 406 g/mol. The van der Waals surface area contributed by atoms with Crippen molar-refractivity contribution in [2.24, 2.45) is 0 Å². The van der Waals surface area contributed by atoms with Crippen LogP contribution in [0.15, 0.2) is 36.7 Å². The molecule has 0 radical (unpaired) electrons. The van der Waals surface area contributed by atoms with Crippen LogP contribution < -0.4 is 14.8 Å². The summed E-state index contributed by atoms with van der Waals surface area (Å²) >= 11 is 5.74. The SMILES string of the molecule is COc1cc2c(Nc3ccc(F)c(Cl)c3)ncnc2cc1OC(=O)C(F)(F)F. The van der Waals surface area contributed by atoms with Crippen LogP contribution in [0.3, 0.4) is 0 Å². The highest BCUT2D eigenvalue weighted by Gasteiger charge is 2.41. The number of nitrogens with one attached hydrogen (secondary N) is 1. The van der Waals surface area contributed by atoms with Crippen LogP contribution in [-0.2, 0) is 4.79 Å². The number of methoxy groups -OCH3 is 1. The Morgan fingerprint density at radius 2 is 1.89 bits per heavy atom. The van der Waals surface area contributed by atoms with Crippen LogP contribution in [0.1, 0.15) is 0 Å². The largest absolute Gasteiger partial charge is 0.493 e. The van der Waals surface area contributed by atoms with E-state index in [1.54, 1.807) is 0 Å². The molecule has 0 unspecified atom stereocenters. The molecule has 2 aromatic carbocycles. The summed E-state index contributed by atoms with van der Waals surface area (Å²) in [7, 11) is 1.20. The van der Waals surface area contributed by atoms with Crippen LogP contribution in [0.5, 0.6) is 11.5 Å². The zero-order chi connectivity index (χ0) is 20.5. The molecule has 0 spiro atoms. The molecule has 0 amide bonds. The Morgan fingerprint density at radius 1 is 1.14 bits per heavy atom. The van der Waals surface area contributed by atoms with E-state index in [0.29, 0.717) is 11.1 Å². The Kier molecular flexibility index (Phi) is 5.23. The van der Waals surface area contributed by atoms with E-state index in [2.05, 4.69) is 20.0 Å². The van der Waals surface area contributed by atoms with Gasteiger partial charge in [0.2, 0.25) is 0 Å². The second-order valence-electron chi connectivity index (χ2n) is 5.38. The zero-order valence-electron chi connectivity index (χ0n) is 14.0. The predicted molar refractivity (Wildman–Crippen MR) is 92.5 cm³/mol. The minimum absolute atomic E-state index is 0.109. The number of hydrogen-bond acceptors (Lipinski definition) is 6. The van der Waals surface area contributed by atoms with Gasteiger partial charge < -0.3 is 14.8 Å². The minimum atomic E-state index is -5.17. The van der Waals surface area contributed by atoms with Gasteiger partial charge in [-0.25, -0.2) is 19.2 Å². The van der Waals surface area contributed by atoms with Gasteiger partial charge in [0, 0.05) is 17.1 Å². The van der Waals surface area contributed by atoms with Gasteiger partial charge in [-0.3, -0.25) is 0 Å². The Morgan fingerprint density at radius 3 is 2.54 bits per heavy atom. The van der Waals surface area contributed by atoms with Crippen molar-refractivity contribution in [2.45, 2.75) is 6.18 Å². The number of benzene rings is 2.